The van der Waals surface area contributed by atoms with Gasteiger partial charge in [-0.1, -0.05) is 46.3 Å². The number of amides is 1. The number of nitrogens with one attached hydrogen (secondary N) is 2. The standard InChI is InChI=1S/C23H23BrN2O5S/c1-30-18-10-13-22(31-2)20(15-18)25-23(27)21(14-16-6-4-3-5-7-16)26-32(28,29)19-11-8-17(24)9-12-19/h3-13,15,21,26H,14H2,1-2H3,(H,25,27)/t21-/m0/s1. The molecule has 3 rings (SSSR count). The normalized spacial score (nSPS) is 12.1. The predicted octanol–water partition coefficient (Wildman–Crippen LogP) is 3.99. The van der Waals surface area contributed by atoms with Crippen LogP contribution in [0.25, 0.3) is 0 Å². The Morgan fingerprint density at radius 3 is 2.28 bits per heavy atom. The van der Waals surface area contributed by atoms with E-state index in [2.05, 4.69) is 26.0 Å². The van der Waals surface area contributed by atoms with Crippen molar-refractivity contribution in [2.24, 2.45) is 0 Å². The summed E-state index contributed by atoms with van der Waals surface area (Å²) < 4.78 is 39.8. The zero-order chi connectivity index (χ0) is 23.1. The number of benzene rings is 3. The molecule has 168 valence electrons. The van der Waals surface area contributed by atoms with Crippen LogP contribution in [0, 0.1) is 0 Å². The molecule has 0 aliphatic carbocycles. The smallest absolute Gasteiger partial charge is 0.243 e. The van der Waals surface area contributed by atoms with Crippen LogP contribution in [-0.4, -0.2) is 34.6 Å². The Morgan fingerprint density at radius 2 is 1.66 bits per heavy atom. The lowest BCUT2D eigenvalue weighted by molar-refractivity contribution is -0.117. The summed E-state index contributed by atoms with van der Waals surface area (Å²) in [5.74, 6) is 0.422. The van der Waals surface area contributed by atoms with Crippen LogP contribution in [0.5, 0.6) is 11.5 Å². The first-order chi connectivity index (χ1) is 15.3. The van der Waals surface area contributed by atoms with Crippen LogP contribution < -0.4 is 19.5 Å². The molecule has 0 unspecified atom stereocenters. The van der Waals surface area contributed by atoms with Crippen molar-refractivity contribution in [2.45, 2.75) is 17.4 Å². The van der Waals surface area contributed by atoms with E-state index in [-0.39, 0.29) is 11.3 Å². The summed E-state index contributed by atoms with van der Waals surface area (Å²) in [5, 5.41) is 2.76. The van der Waals surface area contributed by atoms with E-state index < -0.39 is 22.0 Å². The molecule has 0 fully saturated rings. The molecule has 0 spiro atoms. The molecule has 0 aliphatic rings. The third-order valence-electron chi connectivity index (χ3n) is 4.69. The van der Waals surface area contributed by atoms with Crippen LogP contribution in [0.1, 0.15) is 5.56 Å². The maximum atomic E-state index is 13.2. The second-order valence-corrected chi connectivity index (χ2v) is 9.50. The Balaban J connectivity index is 1.90. The third-order valence-corrected chi connectivity index (χ3v) is 6.70. The summed E-state index contributed by atoms with van der Waals surface area (Å²) in [6.45, 7) is 0. The lowest BCUT2D eigenvalue weighted by Gasteiger charge is -2.20. The SMILES string of the molecule is COc1ccc(OC)c(NC(=O)[C@H](Cc2ccccc2)NS(=O)(=O)c2ccc(Br)cc2)c1. The number of carbonyl (C=O) groups excluding carboxylic acids is 1. The number of carbonyl (C=O) groups is 1. The molecule has 0 saturated carbocycles. The first-order valence-corrected chi connectivity index (χ1v) is 11.9. The summed E-state index contributed by atoms with van der Waals surface area (Å²) in [5.41, 5.74) is 1.18. The number of hydrogen-bond acceptors (Lipinski definition) is 5. The zero-order valence-electron chi connectivity index (χ0n) is 17.5. The quantitative estimate of drug-likeness (QED) is 0.446. The lowest BCUT2D eigenvalue weighted by atomic mass is 10.1. The molecular weight excluding hydrogens is 496 g/mol. The molecule has 0 heterocycles. The van der Waals surface area contributed by atoms with E-state index in [1.54, 1.807) is 30.3 Å². The van der Waals surface area contributed by atoms with Gasteiger partial charge >= 0.3 is 0 Å². The summed E-state index contributed by atoms with van der Waals surface area (Å²) >= 11 is 3.29. The monoisotopic (exact) mass is 518 g/mol. The van der Waals surface area contributed by atoms with Gasteiger partial charge < -0.3 is 14.8 Å². The largest absolute Gasteiger partial charge is 0.497 e. The Labute approximate surface area is 195 Å². The summed E-state index contributed by atoms with van der Waals surface area (Å²) in [6.07, 6.45) is 0.161. The Hall–Kier alpha value is -2.88. The molecule has 7 nitrogen and oxygen atoms in total. The van der Waals surface area contributed by atoms with Gasteiger partial charge in [0.25, 0.3) is 0 Å². The van der Waals surface area contributed by atoms with Crippen molar-refractivity contribution in [3.8, 4) is 11.5 Å². The maximum Gasteiger partial charge on any atom is 0.243 e. The molecule has 0 aromatic heterocycles. The minimum Gasteiger partial charge on any atom is -0.497 e. The van der Waals surface area contributed by atoms with Crippen LogP contribution in [-0.2, 0) is 21.2 Å². The molecule has 0 radical (unpaired) electrons. The first-order valence-electron chi connectivity index (χ1n) is 9.67. The topological polar surface area (TPSA) is 93.7 Å². The van der Waals surface area contributed by atoms with Crippen molar-refractivity contribution in [3.63, 3.8) is 0 Å². The van der Waals surface area contributed by atoms with Gasteiger partial charge in [-0.05, 0) is 48.4 Å². The van der Waals surface area contributed by atoms with E-state index in [4.69, 9.17) is 9.47 Å². The highest BCUT2D eigenvalue weighted by molar-refractivity contribution is 9.10. The summed E-state index contributed by atoms with van der Waals surface area (Å²) in [4.78, 5) is 13.3. The molecule has 3 aromatic carbocycles. The van der Waals surface area contributed by atoms with E-state index in [9.17, 15) is 13.2 Å². The number of ether oxygens (including phenoxy) is 2. The van der Waals surface area contributed by atoms with Gasteiger partial charge in [0.1, 0.15) is 17.5 Å². The third kappa shape index (κ3) is 6.09. The van der Waals surface area contributed by atoms with Gasteiger partial charge in [0, 0.05) is 10.5 Å². The Morgan fingerprint density at radius 1 is 0.969 bits per heavy atom. The average molecular weight is 519 g/mol. The molecule has 0 bridgehead atoms. The fraction of sp³-hybridized carbons (Fsp3) is 0.174. The van der Waals surface area contributed by atoms with Gasteiger partial charge in [-0.15, -0.1) is 0 Å². The highest BCUT2D eigenvalue weighted by Gasteiger charge is 2.27. The van der Waals surface area contributed by atoms with Crippen molar-refractivity contribution in [1.82, 2.24) is 4.72 Å². The highest BCUT2D eigenvalue weighted by Crippen LogP contribution is 2.29. The van der Waals surface area contributed by atoms with Gasteiger partial charge in [0.15, 0.2) is 0 Å². The molecule has 0 saturated heterocycles. The molecule has 2 N–H and O–H groups in total. The van der Waals surface area contributed by atoms with Crippen molar-refractivity contribution in [1.29, 1.82) is 0 Å². The van der Waals surface area contributed by atoms with Gasteiger partial charge in [0.2, 0.25) is 15.9 Å². The molecule has 3 aromatic rings. The number of hydrogen-bond donors (Lipinski definition) is 2. The Bertz CT molecular complexity index is 1170. The van der Waals surface area contributed by atoms with E-state index in [0.717, 1.165) is 10.0 Å². The van der Waals surface area contributed by atoms with Crippen LogP contribution >= 0.6 is 15.9 Å². The number of anilines is 1. The summed E-state index contributed by atoms with van der Waals surface area (Å²) in [6, 6.07) is 19.3. The molecule has 32 heavy (non-hydrogen) atoms. The molecule has 1 amide bonds. The van der Waals surface area contributed by atoms with E-state index >= 15 is 0 Å². The van der Waals surface area contributed by atoms with Gasteiger partial charge in [-0.25, -0.2) is 8.42 Å². The highest BCUT2D eigenvalue weighted by atomic mass is 79.9. The fourth-order valence-corrected chi connectivity index (χ4v) is 4.50. The number of rotatable bonds is 9. The number of sulfonamides is 1. The fourth-order valence-electron chi connectivity index (χ4n) is 3.04. The number of methoxy groups -OCH3 is 2. The zero-order valence-corrected chi connectivity index (χ0v) is 19.9. The van der Waals surface area contributed by atoms with Crippen LogP contribution in [0.3, 0.4) is 0 Å². The van der Waals surface area contributed by atoms with E-state index in [1.165, 1.54) is 26.4 Å². The van der Waals surface area contributed by atoms with Crippen LogP contribution in [0.2, 0.25) is 0 Å². The summed E-state index contributed by atoms with van der Waals surface area (Å²) in [7, 11) is -0.957. The second kappa shape index (κ2) is 10.6. The lowest BCUT2D eigenvalue weighted by Crippen LogP contribution is -2.45. The molecular formula is C23H23BrN2O5S. The van der Waals surface area contributed by atoms with E-state index in [0.29, 0.717) is 17.2 Å². The molecule has 9 heteroatoms. The van der Waals surface area contributed by atoms with Crippen molar-refractivity contribution in [2.75, 3.05) is 19.5 Å². The average Bonchev–Trinajstić information content (AvgIpc) is 2.79. The van der Waals surface area contributed by atoms with Crippen LogP contribution in [0.15, 0.2) is 82.2 Å². The van der Waals surface area contributed by atoms with Crippen molar-refractivity contribution < 1.29 is 22.7 Å². The predicted molar refractivity (Wildman–Crippen MR) is 127 cm³/mol. The van der Waals surface area contributed by atoms with Gasteiger partial charge in [-0.2, -0.15) is 4.72 Å². The maximum absolute atomic E-state index is 13.2. The minimum absolute atomic E-state index is 0.0607. The Kier molecular flexibility index (Phi) is 7.89. The van der Waals surface area contributed by atoms with Crippen LogP contribution in [0.4, 0.5) is 5.69 Å². The molecule has 0 aliphatic heterocycles. The minimum atomic E-state index is -3.95. The molecule has 1 atom stereocenters. The van der Waals surface area contributed by atoms with E-state index in [1.807, 2.05) is 30.3 Å². The van der Waals surface area contributed by atoms with Gasteiger partial charge in [0.05, 0.1) is 24.8 Å². The second-order valence-electron chi connectivity index (χ2n) is 6.87. The van der Waals surface area contributed by atoms with Crippen molar-refractivity contribution >= 4 is 37.5 Å². The van der Waals surface area contributed by atoms with Crippen molar-refractivity contribution in [3.05, 3.63) is 82.8 Å². The number of halogens is 1. The van der Waals surface area contributed by atoms with Gasteiger partial charge in [-0.3, -0.25) is 4.79 Å². The first kappa shape index (κ1) is 23.8.